The summed E-state index contributed by atoms with van der Waals surface area (Å²) in [7, 11) is 0. The summed E-state index contributed by atoms with van der Waals surface area (Å²) < 4.78 is 2.20. The average molecular weight is 593 g/mol. The monoisotopic (exact) mass is 592 g/mol. The Bertz CT molecular complexity index is 1770. The zero-order chi connectivity index (χ0) is 29.4. The van der Waals surface area contributed by atoms with E-state index >= 15 is 0 Å². The molecule has 10 heteroatoms. The molecule has 210 valence electrons. The largest absolute Gasteiger partial charge is 0.351 e. The first-order chi connectivity index (χ1) is 20.3. The maximum absolute atomic E-state index is 11.0. The first-order valence-electron chi connectivity index (χ1n) is 13.4. The number of aromatic nitrogens is 3. The zero-order valence-corrected chi connectivity index (χ0v) is 24.9. The molecule has 1 fully saturated rings. The van der Waals surface area contributed by atoms with Gasteiger partial charge >= 0.3 is 0 Å². The molecule has 0 bridgehead atoms. The first-order valence-corrected chi connectivity index (χ1v) is 14.7. The molecule has 1 aliphatic rings. The highest BCUT2D eigenvalue weighted by Gasteiger charge is 2.42. The van der Waals surface area contributed by atoms with Crippen molar-refractivity contribution in [2.24, 2.45) is 0 Å². The standard InChI is InChI=1S/C32H28N6O2S2/c1-20-15-17-34-29(18-20)36-21(2)19-27(22(36)3)31-30(28-6-4-5-16-33-28)35-32(41)37(31)23-7-11-25(12-8-23)42-26-13-9-24(10-14-26)38(39)40/h4-19,30-31H,1-3H3,(H,35,41)/t30-,31+/m1/s1. The van der Waals surface area contributed by atoms with Gasteiger partial charge in [-0.15, -0.1) is 0 Å². The van der Waals surface area contributed by atoms with Crippen LogP contribution in [-0.2, 0) is 0 Å². The van der Waals surface area contributed by atoms with Gasteiger partial charge in [-0.05, 0) is 111 Å². The molecule has 0 spiro atoms. The van der Waals surface area contributed by atoms with Crippen molar-refractivity contribution in [1.82, 2.24) is 19.9 Å². The van der Waals surface area contributed by atoms with Crippen LogP contribution in [0.1, 0.15) is 40.3 Å². The van der Waals surface area contributed by atoms with Crippen molar-refractivity contribution in [3.63, 3.8) is 0 Å². The number of benzene rings is 2. The maximum atomic E-state index is 11.0. The minimum Gasteiger partial charge on any atom is -0.351 e. The number of anilines is 1. The molecule has 2 aromatic carbocycles. The van der Waals surface area contributed by atoms with Gasteiger partial charge in [-0.3, -0.25) is 15.1 Å². The van der Waals surface area contributed by atoms with E-state index in [0.717, 1.165) is 49.5 Å². The van der Waals surface area contributed by atoms with Crippen molar-refractivity contribution in [2.45, 2.75) is 42.6 Å². The van der Waals surface area contributed by atoms with Gasteiger partial charge in [0, 0.05) is 51.4 Å². The highest BCUT2D eigenvalue weighted by molar-refractivity contribution is 7.99. The lowest BCUT2D eigenvalue weighted by Gasteiger charge is -2.28. The highest BCUT2D eigenvalue weighted by Crippen LogP contribution is 2.44. The maximum Gasteiger partial charge on any atom is 0.269 e. The second kappa shape index (κ2) is 11.4. The number of nitro benzene ring substituents is 1. The highest BCUT2D eigenvalue weighted by atomic mass is 32.2. The molecule has 1 aliphatic heterocycles. The van der Waals surface area contributed by atoms with E-state index in [1.807, 2.05) is 36.7 Å². The fourth-order valence-corrected chi connectivity index (χ4v) is 6.64. The molecule has 0 amide bonds. The topological polar surface area (TPSA) is 89.1 Å². The van der Waals surface area contributed by atoms with Crippen LogP contribution >= 0.6 is 24.0 Å². The number of nitro groups is 1. The summed E-state index contributed by atoms with van der Waals surface area (Å²) in [5.74, 6) is 0.887. The van der Waals surface area contributed by atoms with E-state index < -0.39 is 0 Å². The van der Waals surface area contributed by atoms with Gasteiger partial charge in [0.05, 0.1) is 22.7 Å². The van der Waals surface area contributed by atoms with Crippen LogP contribution in [0.5, 0.6) is 0 Å². The number of non-ortho nitro benzene ring substituents is 1. The molecule has 42 heavy (non-hydrogen) atoms. The SMILES string of the molecule is Cc1ccnc(-n2c(C)cc([C@H]3[C@@H](c4ccccn4)NC(=S)N3c3ccc(Sc4ccc([N+](=O)[O-])cc4)cc3)c2C)c1. The first kappa shape index (κ1) is 27.6. The van der Waals surface area contributed by atoms with Gasteiger partial charge in [-0.2, -0.15) is 0 Å². The van der Waals surface area contributed by atoms with E-state index in [1.165, 1.54) is 12.1 Å². The van der Waals surface area contributed by atoms with Gasteiger partial charge < -0.3 is 14.8 Å². The molecular formula is C32H28N6O2S2. The molecule has 2 atom stereocenters. The number of hydrogen-bond donors (Lipinski definition) is 1. The lowest BCUT2D eigenvalue weighted by atomic mass is 9.96. The summed E-state index contributed by atoms with van der Waals surface area (Å²) in [5, 5.41) is 15.2. The quantitative estimate of drug-likeness (QED) is 0.119. The Hall–Kier alpha value is -4.54. The van der Waals surface area contributed by atoms with Crippen LogP contribution in [0.3, 0.4) is 0 Å². The lowest BCUT2D eigenvalue weighted by molar-refractivity contribution is -0.384. The summed E-state index contributed by atoms with van der Waals surface area (Å²) in [6, 6.07) is 26.8. The number of thiocarbonyl (C=S) groups is 1. The zero-order valence-electron chi connectivity index (χ0n) is 23.3. The normalized spacial score (nSPS) is 16.5. The summed E-state index contributed by atoms with van der Waals surface area (Å²) in [5.41, 5.74) is 6.43. The van der Waals surface area contributed by atoms with Crippen molar-refractivity contribution in [3.05, 3.63) is 136 Å². The van der Waals surface area contributed by atoms with Crippen LogP contribution in [0, 0.1) is 30.9 Å². The van der Waals surface area contributed by atoms with Crippen LogP contribution in [0.25, 0.3) is 5.82 Å². The Kier molecular flexibility index (Phi) is 7.49. The molecule has 8 nitrogen and oxygen atoms in total. The van der Waals surface area contributed by atoms with Crippen molar-refractivity contribution in [2.75, 3.05) is 4.90 Å². The fourth-order valence-electron chi connectivity index (χ4n) is 5.48. The van der Waals surface area contributed by atoms with E-state index in [0.29, 0.717) is 5.11 Å². The Morgan fingerprint density at radius 3 is 2.26 bits per heavy atom. The van der Waals surface area contributed by atoms with E-state index in [1.54, 1.807) is 23.9 Å². The number of rotatable bonds is 7. The van der Waals surface area contributed by atoms with E-state index in [9.17, 15) is 10.1 Å². The van der Waals surface area contributed by atoms with Gasteiger partial charge in [0.15, 0.2) is 5.11 Å². The predicted molar refractivity (Wildman–Crippen MR) is 169 cm³/mol. The van der Waals surface area contributed by atoms with Gasteiger partial charge in [0.1, 0.15) is 5.82 Å². The van der Waals surface area contributed by atoms with E-state index in [2.05, 4.69) is 76.9 Å². The van der Waals surface area contributed by atoms with E-state index in [-0.39, 0.29) is 22.7 Å². The molecule has 0 radical (unpaired) electrons. The molecule has 6 rings (SSSR count). The molecule has 0 aliphatic carbocycles. The minimum absolute atomic E-state index is 0.0794. The number of aryl methyl sites for hydroxylation is 2. The third kappa shape index (κ3) is 5.26. The molecule has 1 saturated heterocycles. The Labute approximate surface area is 253 Å². The van der Waals surface area contributed by atoms with Crippen molar-refractivity contribution >= 4 is 40.5 Å². The number of pyridine rings is 2. The van der Waals surface area contributed by atoms with E-state index in [4.69, 9.17) is 17.2 Å². The van der Waals surface area contributed by atoms with Gasteiger partial charge in [0.2, 0.25) is 0 Å². The summed E-state index contributed by atoms with van der Waals surface area (Å²) >= 11 is 7.50. The molecule has 0 saturated carbocycles. The Morgan fingerprint density at radius 1 is 0.905 bits per heavy atom. The summed E-state index contributed by atoms with van der Waals surface area (Å²) in [6.07, 6.45) is 3.65. The number of nitrogens with one attached hydrogen (secondary N) is 1. The second-order valence-corrected chi connectivity index (χ2v) is 11.7. The van der Waals surface area contributed by atoms with Crippen LogP contribution in [0.2, 0.25) is 0 Å². The van der Waals surface area contributed by atoms with Crippen LogP contribution in [-0.4, -0.2) is 24.6 Å². The average Bonchev–Trinajstić information content (AvgIpc) is 3.48. The third-order valence-electron chi connectivity index (χ3n) is 7.42. The Balaban J connectivity index is 1.37. The van der Waals surface area contributed by atoms with Gasteiger partial charge in [-0.25, -0.2) is 4.98 Å². The number of nitrogens with zero attached hydrogens (tertiary/aromatic N) is 5. The third-order valence-corrected chi connectivity index (χ3v) is 8.75. The fraction of sp³-hybridized carbons (Fsp3) is 0.156. The van der Waals surface area contributed by atoms with Gasteiger partial charge in [0.25, 0.3) is 5.69 Å². The molecule has 1 N–H and O–H groups in total. The second-order valence-electron chi connectivity index (χ2n) is 10.2. The van der Waals surface area contributed by atoms with Crippen molar-refractivity contribution in [1.29, 1.82) is 0 Å². The molecule has 3 aromatic heterocycles. The van der Waals surface area contributed by atoms with Crippen LogP contribution in [0.15, 0.2) is 107 Å². The summed E-state index contributed by atoms with van der Waals surface area (Å²) in [4.78, 5) is 24.1. The molecule has 5 aromatic rings. The van der Waals surface area contributed by atoms with Crippen LogP contribution < -0.4 is 10.2 Å². The molecular weight excluding hydrogens is 565 g/mol. The predicted octanol–water partition coefficient (Wildman–Crippen LogP) is 7.43. The lowest BCUT2D eigenvalue weighted by Crippen LogP contribution is -2.29. The van der Waals surface area contributed by atoms with Crippen LogP contribution in [0.4, 0.5) is 11.4 Å². The number of hydrogen-bond acceptors (Lipinski definition) is 6. The summed E-state index contributed by atoms with van der Waals surface area (Å²) in [6.45, 7) is 6.30. The molecule has 0 unspecified atom stereocenters. The smallest absolute Gasteiger partial charge is 0.269 e. The van der Waals surface area contributed by atoms with Crippen molar-refractivity contribution in [3.8, 4) is 5.82 Å². The van der Waals surface area contributed by atoms with Gasteiger partial charge in [-0.1, -0.05) is 17.8 Å². The van der Waals surface area contributed by atoms with Crippen molar-refractivity contribution < 1.29 is 4.92 Å². The minimum atomic E-state index is -0.389. The Morgan fingerprint density at radius 2 is 1.62 bits per heavy atom. The molecule has 4 heterocycles.